The van der Waals surface area contributed by atoms with E-state index in [1.165, 1.54) is 47.8 Å². The quantitative estimate of drug-likeness (QED) is 0.789. The first-order valence-corrected chi connectivity index (χ1v) is 10.3. The molecule has 5 heteroatoms. The largest absolute Gasteiger partial charge is 0.465 e. The first-order valence-electron chi connectivity index (χ1n) is 10.3. The van der Waals surface area contributed by atoms with Crippen molar-refractivity contribution < 1.29 is 14.3 Å². The lowest BCUT2D eigenvalue weighted by Gasteiger charge is -2.10. The number of fused-ring (bicyclic) bond motifs is 3. The molecule has 1 aromatic heterocycles. The molecule has 2 aliphatic rings. The standard InChI is InChI=1S/C22H28N2O3/c25-21(10-8-16-11-12-27-22(16)26)23-14-15-7-9-20-18(13-15)17-5-3-1-2-4-6-19(17)24-20/h7,9,13,16,24H,1-6,8,10-12,14H2,(H,23,25). The highest BCUT2D eigenvalue weighted by Crippen LogP contribution is 2.28. The van der Waals surface area contributed by atoms with Crippen LogP contribution in [0, 0.1) is 5.92 Å². The van der Waals surface area contributed by atoms with Gasteiger partial charge in [-0.15, -0.1) is 0 Å². The Morgan fingerprint density at radius 2 is 2.04 bits per heavy atom. The lowest BCUT2D eigenvalue weighted by molar-refractivity contribution is -0.141. The Morgan fingerprint density at radius 3 is 2.85 bits per heavy atom. The van der Waals surface area contributed by atoms with E-state index in [1.54, 1.807) is 0 Å². The molecule has 0 radical (unpaired) electrons. The van der Waals surface area contributed by atoms with Crippen LogP contribution in [0.2, 0.25) is 0 Å². The Labute approximate surface area is 159 Å². The highest BCUT2D eigenvalue weighted by Gasteiger charge is 2.26. The van der Waals surface area contributed by atoms with Crippen LogP contribution in [0.5, 0.6) is 0 Å². The van der Waals surface area contributed by atoms with E-state index >= 15 is 0 Å². The summed E-state index contributed by atoms with van der Waals surface area (Å²) in [6.45, 7) is 1.02. The second kappa shape index (κ2) is 8.15. The van der Waals surface area contributed by atoms with Crippen LogP contribution < -0.4 is 5.32 Å². The monoisotopic (exact) mass is 368 g/mol. The minimum Gasteiger partial charge on any atom is -0.465 e. The van der Waals surface area contributed by atoms with Crippen molar-refractivity contribution in [2.45, 2.75) is 64.3 Å². The Bertz CT molecular complexity index is 839. The second-order valence-electron chi connectivity index (χ2n) is 7.84. The lowest BCUT2D eigenvalue weighted by atomic mass is 9.96. The average molecular weight is 368 g/mol. The summed E-state index contributed by atoms with van der Waals surface area (Å²) in [6, 6.07) is 6.44. The molecular formula is C22H28N2O3. The zero-order valence-corrected chi connectivity index (χ0v) is 15.8. The number of benzene rings is 1. The summed E-state index contributed by atoms with van der Waals surface area (Å²) in [5.74, 6) is -0.261. The van der Waals surface area contributed by atoms with Crippen molar-refractivity contribution >= 4 is 22.8 Å². The van der Waals surface area contributed by atoms with Crippen molar-refractivity contribution in [3.63, 3.8) is 0 Å². The third-order valence-corrected chi connectivity index (χ3v) is 5.92. The van der Waals surface area contributed by atoms with Gasteiger partial charge >= 0.3 is 5.97 Å². The summed E-state index contributed by atoms with van der Waals surface area (Å²) >= 11 is 0. The van der Waals surface area contributed by atoms with Gasteiger partial charge in [-0.2, -0.15) is 0 Å². The molecule has 1 saturated heterocycles. The molecule has 1 aromatic carbocycles. The van der Waals surface area contributed by atoms with Gasteiger partial charge in [-0.25, -0.2) is 0 Å². The maximum absolute atomic E-state index is 12.1. The van der Waals surface area contributed by atoms with Crippen molar-refractivity contribution in [2.75, 3.05) is 6.61 Å². The van der Waals surface area contributed by atoms with E-state index in [0.29, 0.717) is 26.0 Å². The van der Waals surface area contributed by atoms with Crippen LogP contribution in [0.1, 0.15) is 61.8 Å². The van der Waals surface area contributed by atoms with Crippen molar-refractivity contribution in [1.82, 2.24) is 10.3 Å². The summed E-state index contributed by atoms with van der Waals surface area (Å²) in [5, 5.41) is 4.31. The second-order valence-corrected chi connectivity index (χ2v) is 7.84. The van der Waals surface area contributed by atoms with Crippen molar-refractivity contribution in [3.8, 4) is 0 Å². The van der Waals surface area contributed by atoms with Gasteiger partial charge in [0.2, 0.25) is 5.91 Å². The molecule has 27 heavy (non-hydrogen) atoms. The SMILES string of the molecule is O=C(CCC1CCOC1=O)NCc1ccc2[nH]c3c(c2c1)CCCCCC3. The number of esters is 1. The van der Waals surface area contributed by atoms with E-state index in [0.717, 1.165) is 24.8 Å². The molecule has 4 rings (SSSR count). The van der Waals surface area contributed by atoms with Crippen molar-refractivity contribution in [2.24, 2.45) is 5.92 Å². The van der Waals surface area contributed by atoms with E-state index in [1.807, 2.05) is 0 Å². The van der Waals surface area contributed by atoms with E-state index in [-0.39, 0.29) is 17.8 Å². The fourth-order valence-electron chi connectivity index (χ4n) is 4.31. The van der Waals surface area contributed by atoms with Crippen LogP contribution in [0.3, 0.4) is 0 Å². The van der Waals surface area contributed by atoms with E-state index in [9.17, 15) is 9.59 Å². The molecule has 0 bridgehead atoms. The minimum atomic E-state index is -0.155. The molecule has 0 spiro atoms. The molecule has 5 nitrogen and oxygen atoms in total. The highest BCUT2D eigenvalue weighted by atomic mass is 16.5. The van der Waals surface area contributed by atoms with Crippen LogP contribution in [0.4, 0.5) is 0 Å². The predicted molar refractivity (Wildman–Crippen MR) is 104 cm³/mol. The van der Waals surface area contributed by atoms with Gasteiger partial charge in [0.15, 0.2) is 0 Å². The number of nitrogens with one attached hydrogen (secondary N) is 2. The van der Waals surface area contributed by atoms with E-state index in [2.05, 4.69) is 28.5 Å². The molecule has 2 heterocycles. The minimum absolute atomic E-state index is 0.000757. The zero-order chi connectivity index (χ0) is 18.6. The Kier molecular flexibility index (Phi) is 5.46. The van der Waals surface area contributed by atoms with Crippen molar-refractivity contribution in [3.05, 3.63) is 35.0 Å². The zero-order valence-electron chi connectivity index (χ0n) is 15.8. The van der Waals surface area contributed by atoms with Gasteiger partial charge in [-0.05, 0) is 61.8 Å². The number of hydrogen-bond acceptors (Lipinski definition) is 3. The number of carbonyl (C=O) groups excluding carboxylic acids is 2. The van der Waals surface area contributed by atoms with Crippen LogP contribution in [-0.2, 0) is 33.7 Å². The van der Waals surface area contributed by atoms with Crippen molar-refractivity contribution in [1.29, 1.82) is 0 Å². The summed E-state index contributed by atoms with van der Waals surface area (Å²) < 4.78 is 4.95. The number of aromatic amines is 1. The van der Waals surface area contributed by atoms with Gasteiger partial charge in [0.25, 0.3) is 0 Å². The number of rotatable bonds is 5. The number of H-pyrrole nitrogens is 1. The topological polar surface area (TPSA) is 71.2 Å². The maximum Gasteiger partial charge on any atom is 0.309 e. The number of aryl methyl sites for hydroxylation is 2. The van der Waals surface area contributed by atoms with E-state index < -0.39 is 0 Å². The highest BCUT2D eigenvalue weighted by molar-refractivity contribution is 5.85. The third kappa shape index (κ3) is 4.18. The van der Waals surface area contributed by atoms with Crippen LogP contribution in [0.15, 0.2) is 18.2 Å². The Balaban J connectivity index is 1.38. The first kappa shape index (κ1) is 18.1. The molecule has 1 amide bonds. The van der Waals surface area contributed by atoms with E-state index in [4.69, 9.17) is 4.74 Å². The van der Waals surface area contributed by atoms with Gasteiger partial charge in [0.1, 0.15) is 0 Å². The average Bonchev–Trinajstić information content (AvgIpc) is 3.20. The normalized spacial score (nSPS) is 20.0. The molecule has 1 unspecified atom stereocenters. The molecule has 144 valence electrons. The molecule has 1 atom stereocenters. The maximum atomic E-state index is 12.1. The van der Waals surface area contributed by atoms with Crippen LogP contribution in [-0.4, -0.2) is 23.5 Å². The number of amides is 1. The number of ether oxygens (including phenoxy) is 1. The van der Waals surface area contributed by atoms with Crippen LogP contribution in [0.25, 0.3) is 10.9 Å². The summed E-state index contributed by atoms with van der Waals surface area (Å²) in [7, 11) is 0. The van der Waals surface area contributed by atoms with Gasteiger partial charge in [-0.1, -0.05) is 18.9 Å². The fourth-order valence-corrected chi connectivity index (χ4v) is 4.31. The third-order valence-electron chi connectivity index (χ3n) is 5.92. The Hall–Kier alpha value is -2.30. The molecule has 1 aliphatic carbocycles. The Morgan fingerprint density at radius 1 is 1.19 bits per heavy atom. The number of cyclic esters (lactones) is 1. The number of hydrogen-bond donors (Lipinski definition) is 2. The smallest absolute Gasteiger partial charge is 0.309 e. The van der Waals surface area contributed by atoms with Gasteiger partial charge in [0, 0.05) is 29.6 Å². The predicted octanol–water partition coefficient (Wildman–Crippen LogP) is 3.79. The lowest BCUT2D eigenvalue weighted by Crippen LogP contribution is -2.23. The van der Waals surface area contributed by atoms with Crippen LogP contribution >= 0.6 is 0 Å². The summed E-state index contributed by atoms with van der Waals surface area (Å²) in [4.78, 5) is 27.2. The summed E-state index contributed by atoms with van der Waals surface area (Å²) in [5.41, 5.74) is 5.20. The molecule has 2 aromatic rings. The molecule has 0 saturated carbocycles. The van der Waals surface area contributed by atoms with Gasteiger partial charge < -0.3 is 15.0 Å². The molecule has 1 fully saturated rings. The number of carbonyl (C=O) groups is 2. The molecule has 2 N–H and O–H groups in total. The fraction of sp³-hybridized carbons (Fsp3) is 0.545. The van der Waals surface area contributed by atoms with Gasteiger partial charge in [0.05, 0.1) is 12.5 Å². The first-order chi connectivity index (χ1) is 13.2. The number of aromatic nitrogens is 1. The molecule has 1 aliphatic heterocycles. The molecular weight excluding hydrogens is 340 g/mol. The van der Waals surface area contributed by atoms with Gasteiger partial charge in [-0.3, -0.25) is 9.59 Å². The summed E-state index contributed by atoms with van der Waals surface area (Å²) in [6.07, 6.45) is 9.13.